The zero-order chi connectivity index (χ0) is 11.4. The molecule has 0 radical (unpaired) electrons. The number of nitrogens with two attached hydrogens (primary N) is 1. The van der Waals surface area contributed by atoms with E-state index in [2.05, 4.69) is 46.5 Å². The Morgan fingerprint density at radius 3 is 2.31 bits per heavy atom. The van der Waals surface area contributed by atoms with Gasteiger partial charge in [0.1, 0.15) is 0 Å². The second-order valence-corrected chi connectivity index (χ2v) is 4.34. The molecule has 0 aromatic heterocycles. The first kappa shape index (κ1) is 11.4. The van der Waals surface area contributed by atoms with Crippen LogP contribution in [0.2, 0.25) is 0 Å². The van der Waals surface area contributed by atoms with E-state index in [9.17, 15) is 0 Å². The molecule has 1 aliphatic heterocycles. The van der Waals surface area contributed by atoms with Crippen LogP contribution in [-0.2, 0) is 6.54 Å². The van der Waals surface area contributed by atoms with Crippen molar-refractivity contribution in [1.29, 1.82) is 0 Å². The number of hydrazine groups is 1. The van der Waals surface area contributed by atoms with Crippen molar-refractivity contribution < 1.29 is 0 Å². The zero-order valence-corrected chi connectivity index (χ0v) is 9.82. The highest BCUT2D eigenvalue weighted by Crippen LogP contribution is 2.16. The third-order valence-corrected chi connectivity index (χ3v) is 3.11. The lowest BCUT2D eigenvalue weighted by Gasteiger charge is -2.34. The van der Waals surface area contributed by atoms with Gasteiger partial charge in [0.25, 0.3) is 0 Å². The van der Waals surface area contributed by atoms with Crippen LogP contribution < -0.4 is 16.2 Å². The molecule has 0 saturated carbocycles. The van der Waals surface area contributed by atoms with Crippen molar-refractivity contribution in [3.63, 3.8) is 0 Å². The minimum Gasteiger partial charge on any atom is -0.369 e. The SMILES string of the molecule is CN1CCN(c2ccc(CNN)cc2)CC1. The first-order chi connectivity index (χ1) is 7.79. The van der Waals surface area contributed by atoms with E-state index in [0.29, 0.717) is 0 Å². The Morgan fingerprint density at radius 2 is 1.75 bits per heavy atom. The summed E-state index contributed by atoms with van der Waals surface area (Å²) in [5, 5.41) is 0. The van der Waals surface area contributed by atoms with E-state index in [1.54, 1.807) is 0 Å². The van der Waals surface area contributed by atoms with Crippen LogP contribution in [0.4, 0.5) is 5.69 Å². The molecule has 3 N–H and O–H groups in total. The summed E-state index contributed by atoms with van der Waals surface area (Å²) < 4.78 is 0. The molecule has 2 rings (SSSR count). The molecule has 1 heterocycles. The third kappa shape index (κ3) is 2.72. The minimum absolute atomic E-state index is 0.725. The van der Waals surface area contributed by atoms with Crippen molar-refractivity contribution in [2.45, 2.75) is 6.54 Å². The smallest absolute Gasteiger partial charge is 0.0367 e. The van der Waals surface area contributed by atoms with Gasteiger partial charge in [0, 0.05) is 38.4 Å². The fourth-order valence-corrected chi connectivity index (χ4v) is 2.01. The van der Waals surface area contributed by atoms with Crippen LogP contribution in [0.15, 0.2) is 24.3 Å². The Kier molecular flexibility index (Phi) is 3.77. The molecule has 0 bridgehead atoms. The van der Waals surface area contributed by atoms with Crippen molar-refractivity contribution >= 4 is 5.69 Å². The molecule has 1 fully saturated rings. The fourth-order valence-electron chi connectivity index (χ4n) is 2.01. The standard InChI is InChI=1S/C12H20N4/c1-15-6-8-16(9-7-15)12-4-2-11(3-5-12)10-14-13/h2-5,14H,6-10,13H2,1H3. The van der Waals surface area contributed by atoms with Gasteiger partial charge >= 0.3 is 0 Å². The molecule has 0 amide bonds. The summed E-state index contributed by atoms with van der Waals surface area (Å²) in [4.78, 5) is 4.79. The monoisotopic (exact) mass is 220 g/mol. The highest BCUT2D eigenvalue weighted by molar-refractivity contribution is 5.48. The summed E-state index contributed by atoms with van der Waals surface area (Å²) in [6, 6.07) is 8.62. The van der Waals surface area contributed by atoms with Crippen LogP contribution in [0.5, 0.6) is 0 Å². The second-order valence-electron chi connectivity index (χ2n) is 4.34. The lowest BCUT2D eigenvalue weighted by molar-refractivity contribution is 0.313. The van der Waals surface area contributed by atoms with E-state index < -0.39 is 0 Å². The number of nitrogens with zero attached hydrogens (tertiary/aromatic N) is 2. The first-order valence-corrected chi connectivity index (χ1v) is 5.75. The summed E-state index contributed by atoms with van der Waals surface area (Å²) in [7, 11) is 2.17. The third-order valence-electron chi connectivity index (χ3n) is 3.11. The summed E-state index contributed by atoms with van der Waals surface area (Å²) >= 11 is 0. The number of hydrogen-bond acceptors (Lipinski definition) is 4. The van der Waals surface area contributed by atoms with Crippen LogP contribution in [0.1, 0.15) is 5.56 Å². The average Bonchev–Trinajstić information content (AvgIpc) is 2.32. The molecule has 0 unspecified atom stereocenters. The Labute approximate surface area is 97.0 Å². The molecular weight excluding hydrogens is 200 g/mol. The lowest BCUT2D eigenvalue weighted by Crippen LogP contribution is -2.44. The summed E-state index contributed by atoms with van der Waals surface area (Å²) in [6.07, 6.45) is 0. The highest BCUT2D eigenvalue weighted by Gasteiger charge is 2.13. The largest absolute Gasteiger partial charge is 0.369 e. The lowest BCUT2D eigenvalue weighted by atomic mass is 10.2. The average molecular weight is 220 g/mol. The molecule has 0 spiro atoms. The normalized spacial score (nSPS) is 17.8. The van der Waals surface area contributed by atoms with Gasteiger partial charge in [-0.15, -0.1) is 0 Å². The molecular formula is C12H20N4. The van der Waals surface area contributed by atoms with Gasteiger partial charge in [-0.1, -0.05) is 12.1 Å². The maximum Gasteiger partial charge on any atom is 0.0367 e. The van der Waals surface area contributed by atoms with E-state index in [1.807, 2.05) is 0 Å². The summed E-state index contributed by atoms with van der Waals surface area (Å²) in [5.41, 5.74) is 5.20. The predicted octanol–water partition coefficient (Wildman–Crippen LogP) is 0.402. The van der Waals surface area contributed by atoms with Gasteiger partial charge < -0.3 is 9.80 Å². The van der Waals surface area contributed by atoms with Gasteiger partial charge in [0.05, 0.1) is 0 Å². The van der Waals surface area contributed by atoms with E-state index in [-0.39, 0.29) is 0 Å². The molecule has 0 aliphatic carbocycles. The van der Waals surface area contributed by atoms with Crippen LogP contribution in [0.25, 0.3) is 0 Å². The quantitative estimate of drug-likeness (QED) is 0.572. The van der Waals surface area contributed by atoms with Crippen molar-refractivity contribution in [3.05, 3.63) is 29.8 Å². The van der Waals surface area contributed by atoms with E-state index in [4.69, 9.17) is 5.84 Å². The first-order valence-electron chi connectivity index (χ1n) is 5.75. The highest BCUT2D eigenvalue weighted by atomic mass is 15.2. The van der Waals surface area contributed by atoms with Gasteiger partial charge in [0.15, 0.2) is 0 Å². The van der Waals surface area contributed by atoms with Gasteiger partial charge in [-0.05, 0) is 24.7 Å². The molecule has 1 aromatic carbocycles. The van der Waals surface area contributed by atoms with E-state index in [1.165, 1.54) is 11.3 Å². The predicted molar refractivity (Wildman–Crippen MR) is 67.2 cm³/mol. The van der Waals surface area contributed by atoms with E-state index in [0.717, 1.165) is 32.7 Å². The molecule has 4 heteroatoms. The summed E-state index contributed by atoms with van der Waals surface area (Å²) in [6.45, 7) is 5.25. The molecule has 16 heavy (non-hydrogen) atoms. The zero-order valence-electron chi connectivity index (χ0n) is 9.82. The van der Waals surface area contributed by atoms with Crippen molar-refractivity contribution in [2.24, 2.45) is 5.84 Å². The molecule has 1 saturated heterocycles. The van der Waals surface area contributed by atoms with Crippen molar-refractivity contribution in [2.75, 3.05) is 38.1 Å². The molecule has 1 aliphatic rings. The molecule has 0 atom stereocenters. The van der Waals surface area contributed by atoms with Crippen molar-refractivity contribution in [1.82, 2.24) is 10.3 Å². The Morgan fingerprint density at radius 1 is 1.12 bits per heavy atom. The Balaban J connectivity index is 1.98. The number of anilines is 1. The van der Waals surface area contributed by atoms with Gasteiger partial charge in [-0.3, -0.25) is 11.3 Å². The number of piperazine rings is 1. The van der Waals surface area contributed by atoms with Crippen LogP contribution in [0.3, 0.4) is 0 Å². The maximum atomic E-state index is 5.29. The molecule has 1 aromatic rings. The molecule has 88 valence electrons. The number of rotatable bonds is 3. The number of hydrogen-bond donors (Lipinski definition) is 2. The van der Waals surface area contributed by atoms with Gasteiger partial charge in [0.2, 0.25) is 0 Å². The summed E-state index contributed by atoms with van der Waals surface area (Å²) in [5.74, 6) is 5.29. The number of likely N-dealkylation sites (N-methyl/N-ethyl adjacent to an activating group) is 1. The van der Waals surface area contributed by atoms with Crippen LogP contribution in [0, 0.1) is 0 Å². The molecule has 4 nitrogen and oxygen atoms in total. The topological polar surface area (TPSA) is 44.5 Å². The van der Waals surface area contributed by atoms with Crippen LogP contribution in [-0.4, -0.2) is 38.1 Å². The Hall–Kier alpha value is -1.10. The van der Waals surface area contributed by atoms with Gasteiger partial charge in [-0.25, -0.2) is 0 Å². The minimum atomic E-state index is 0.725. The van der Waals surface area contributed by atoms with Crippen LogP contribution >= 0.6 is 0 Å². The maximum absolute atomic E-state index is 5.29. The number of nitrogens with one attached hydrogen (secondary N) is 1. The Bertz CT molecular complexity index is 314. The van der Waals surface area contributed by atoms with E-state index >= 15 is 0 Å². The second kappa shape index (κ2) is 5.30. The fraction of sp³-hybridized carbons (Fsp3) is 0.500. The van der Waals surface area contributed by atoms with Gasteiger partial charge in [-0.2, -0.15) is 0 Å². The van der Waals surface area contributed by atoms with Crippen molar-refractivity contribution in [3.8, 4) is 0 Å². The number of benzene rings is 1.